The molecule has 3 aromatic rings. The van der Waals surface area contributed by atoms with Crippen LogP contribution in [0.5, 0.6) is 17.2 Å². The smallest absolute Gasteiger partial charge is 0.223 e. The van der Waals surface area contributed by atoms with Gasteiger partial charge in [-0.25, -0.2) is 4.98 Å². The topological polar surface area (TPSA) is 97.3 Å². The lowest BCUT2D eigenvalue weighted by Gasteiger charge is -2.15. The number of nitrogens with two attached hydrogens (primary N) is 1. The van der Waals surface area contributed by atoms with Gasteiger partial charge in [0.15, 0.2) is 11.5 Å². The van der Waals surface area contributed by atoms with Gasteiger partial charge in [-0.3, -0.25) is 4.98 Å². The third-order valence-corrected chi connectivity index (χ3v) is 5.41. The minimum Gasteiger partial charge on any atom is -0.491 e. The first kappa shape index (κ1) is 20.2. The zero-order valence-corrected chi connectivity index (χ0v) is 18.2. The first-order valence-electron chi connectivity index (χ1n) is 8.90. The Morgan fingerprint density at radius 3 is 2.46 bits per heavy atom. The third-order valence-electron chi connectivity index (χ3n) is 4.84. The Morgan fingerprint density at radius 1 is 1.14 bits per heavy atom. The van der Waals surface area contributed by atoms with Crippen molar-refractivity contribution in [1.29, 1.82) is 0 Å². The van der Waals surface area contributed by atoms with Crippen LogP contribution >= 0.6 is 15.9 Å². The molecule has 0 saturated carbocycles. The summed E-state index contributed by atoms with van der Waals surface area (Å²) in [5.41, 5.74) is 8.50. The number of methoxy groups -OCH3 is 3. The lowest BCUT2D eigenvalue weighted by molar-refractivity contribution is 0.318. The van der Waals surface area contributed by atoms with Gasteiger partial charge in [0.25, 0.3) is 0 Å². The highest BCUT2D eigenvalue weighted by Crippen LogP contribution is 2.39. The summed E-state index contributed by atoms with van der Waals surface area (Å²) in [6, 6.07) is 0. The van der Waals surface area contributed by atoms with Crippen molar-refractivity contribution in [2.45, 2.75) is 32.7 Å². The van der Waals surface area contributed by atoms with Gasteiger partial charge in [0.2, 0.25) is 11.7 Å². The van der Waals surface area contributed by atoms with Gasteiger partial charge in [-0.05, 0) is 33.8 Å². The summed E-state index contributed by atoms with van der Waals surface area (Å²) in [5, 5.41) is 0.961. The number of hydrogen-bond acceptors (Lipinski definition) is 7. The molecule has 0 spiro atoms. The molecule has 0 bridgehead atoms. The van der Waals surface area contributed by atoms with E-state index in [4.69, 9.17) is 19.9 Å². The van der Waals surface area contributed by atoms with E-state index in [-0.39, 0.29) is 5.95 Å². The molecule has 0 aliphatic rings. The second-order valence-corrected chi connectivity index (χ2v) is 7.18. The first-order valence-corrected chi connectivity index (χ1v) is 9.69. The van der Waals surface area contributed by atoms with Gasteiger partial charge >= 0.3 is 0 Å². The monoisotopic (exact) mass is 449 g/mol. The van der Waals surface area contributed by atoms with Crippen LogP contribution in [-0.2, 0) is 6.54 Å². The molecule has 9 heteroatoms. The summed E-state index contributed by atoms with van der Waals surface area (Å²) in [6.07, 6.45) is 4.70. The van der Waals surface area contributed by atoms with Gasteiger partial charge in [-0.1, -0.05) is 13.8 Å². The predicted molar refractivity (Wildman–Crippen MR) is 111 cm³/mol. The predicted octanol–water partition coefficient (Wildman–Crippen LogP) is 3.76. The molecule has 0 radical (unpaired) electrons. The molecule has 0 aliphatic carbocycles. The average Bonchev–Trinajstić information content (AvgIpc) is 3.05. The molecule has 28 heavy (non-hydrogen) atoms. The van der Waals surface area contributed by atoms with E-state index in [0.717, 1.165) is 23.0 Å². The van der Waals surface area contributed by atoms with E-state index >= 15 is 0 Å². The molecule has 3 rings (SSSR count). The van der Waals surface area contributed by atoms with E-state index in [2.05, 4.69) is 50.9 Å². The molecule has 8 nitrogen and oxygen atoms in total. The lowest BCUT2D eigenvalue weighted by Crippen LogP contribution is -2.07. The van der Waals surface area contributed by atoms with Crippen LogP contribution in [0.3, 0.4) is 0 Å². The molecule has 1 atom stereocenters. The number of ether oxygens (including phenoxy) is 3. The van der Waals surface area contributed by atoms with Crippen molar-refractivity contribution >= 4 is 32.9 Å². The van der Waals surface area contributed by atoms with Crippen molar-refractivity contribution in [2.24, 2.45) is 0 Å². The van der Waals surface area contributed by atoms with E-state index in [0.29, 0.717) is 40.0 Å². The third kappa shape index (κ3) is 3.46. The first-order chi connectivity index (χ1) is 13.4. The fourth-order valence-electron chi connectivity index (χ4n) is 3.22. The highest BCUT2D eigenvalue weighted by molar-refractivity contribution is 9.10. The van der Waals surface area contributed by atoms with Crippen molar-refractivity contribution in [1.82, 2.24) is 19.5 Å². The summed E-state index contributed by atoms with van der Waals surface area (Å²) >= 11 is 3.54. The van der Waals surface area contributed by atoms with Crippen molar-refractivity contribution in [2.75, 3.05) is 27.1 Å². The number of nitrogen functional groups attached to an aromatic ring is 1. The van der Waals surface area contributed by atoms with E-state index in [1.54, 1.807) is 27.5 Å². The number of pyridine rings is 1. The minimum absolute atomic E-state index is 0.210. The Bertz CT molecular complexity index is 1010. The zero-order valence-electron chi connectivity index (χ0n) is 16.6. The van der Waals surface area contributed by atoms with Gasteiger partial charge in [0, 0.05) is 6.20 Å². The molecule has 3 aromatic heterocycles. The number of rotatable bonds is 7. The second-order valence-electron chi connectivity index (χ2n) is 6.43. The molecular formula is C19H24BrN5O3. The molecule has 0 aromatic carbocycles. The lowest BCUT2D eigenvalue weighted by atomic mass is 10.00. The summed E-state index contributed by atoms with van der Waals surface area (Å²) in [6.45, 7) is 4.76. The van der Waals surface area contributed by atoms with Crippen LogP contribution in [0.1, 0.15) is 37.4 Å². The van der Waals surface area contributed by atoms with Crippen molar-refractivity contribution in [3.05, 3.63) is 28.3 Å². The summed E-state index contributed by atoms with van der Waals surface area (Å²) in [4.78, 5) is 13.3. The fourth-order valence-corrected chi connectivity index (χ4v) is 3.81. The molecule has 0 fully saturated rings. The van der Waals surface area contributed by atoms with E-state index in [1.165, 1.54) is 0 Å². The Balaban J connectivity index is 2.18. The van der Waals surface area contributed by atoms with Crippen LogP contribution < -0.4 is 19.9 Å². The van der Waals surface area contributed by atoms with Gasteiger partial charge in [0.05, 0.1) is 39.5 Å². The maximum Gasteiger partial charge on any atom is 0.223 e. The van der Waals surface area contributed by atoms with Crippen molar-refractivity contribution in [3.8, 4) is 17.2 Å². The second kappa shape index (κ2) is 8.22. The summed E-state index contributed by atoms with van der Waals surface area (Å²) in [5.74, 6) is 2.09. The number of aromatic nitrogens is 4. The van der Waals surface area contributed by atoms with Crippen LogP contribution in [0, 0.1) is 0 Å². The van der Waals surface area contributed by atoms with E-state index in [1.807, 2.05) is 4.57 Å². The van der Waals surface area contributed by atoms with E-state index < -0.39 is 0 Å². The molecule has 0 amide bonds. The molecule has 0 aliphatic heterocycles. The summed E-state index contributed by atoms with van der Waals surface area (Å²) in [7, 11) is 4.71. The molecule has 2 N–H and O–H groups in total. The van der Waals surface area contributed by atoms with E-state index in [9.17, 15) is 0 Å². The molecule has 1 unspecified atom stereocenters. The molecule has 3 heterocycles. The highest BCUT2D eigenvalue weighted by atomic mass is 79.9. The normalized spacial score (nSPS) is 12.2. The Morgan fingerprint density at radius 2 is 1.86 bits per heavy atom. The Hall–Kier alpha value is -2.55. The fraction of sp³-hybridized carbons (Fsp3) is 0.421. The van der Waals surface area contributed by atoms with Gasteiger partial charge in [-0.15, -0.1) is 0 Å². The van der Waals surface area contributed by atoms with Gasteiger partial charge < -0.3 is 24.5 Å². The summed E-state index contributed by atoms with van der Waals surface area (Å²) < 4.78 is 19.1. The quantitative estimate of drug-likeness (QED) is 0.548. The van der Waals surface area contributed by atoms with Crippen LogP contribution in [0.2, 0.25) is 0 Å². The Labute approximate surface area is 172 Å². The van der Waals surface area contributed by atoms with Crippen molar-refractivity contribution in [3.63, 3.8) is 0 Å². The average molecular weight is 450 g/mol. The van der Waals surface area contributed by atoms with Gasteiger partial charge in [0.1, 0.15) is 15.9 Å². The molecular weight excluding hydrogens is 426 g/mol. The Kier molecular flexibility index (Phi) is 5.93. The van der Waals surface area contributed by atoms with Crippen LogP contribution in [0.25, 0.3) is 11.0 Å². The number of anilines is 1. The zero-order chi connectivity index (χ0) is 20.4. The number of fused-ring (bicyclic) bond motifs is 1. The van der Waals surface area contributed by atoms with Crippen LogP contribution in [0.4, 0.5) is 5.95 Å². The molecule has 150 valence electrons. The number of nitrogens with zero attached hydrogens (tertiary/aromatic N) is 4. The maximum absolute atomic E-state index is 5.90. The SMILES string of the molecule is CCC(C)c1cn(Cc2ncc(OC)c(OC)c2OC)c2nc(N)nc(Br)c12. The van der Waals surface area contributed by atoms with Crippen LogP contribution in [0.15, 0.2) is 17.0 Å². The number of halogens is 1. The van der Waals surface area contributed by atoms with Crippen molar-refractivity contribution < 1.29 is 14.2 Å². The van der Waals surface area contributed by atoms with Crippen LogP contribution in [-0.4, -0.2) is 40.8 Å². The highest BCUT2D eigenvalue weighted by Gasteiger charge is 2.22. The molecule has 0 saturated heterocycles. The number of hydrogen-bond donors (Lipinski definition) is 1. The van der Waals surface area contributed by atoms with Gasteiger partial charge in [-0.2, -0.15) is 4.98 Å². The minimum atomic E-state index is 0.210. The standard InChI is InChI=1S/C19H24BrN5O3/c1-6-10(2)11-8-25(18-14(11)17(20)23-19(21)24-18)9-12-15(27-4)16(28-5)13(26-3)7-22-12/h7-8,10H,6,9H2,1-5H3,(H2,21,23,24). The maximum atomic E-state index is 5.90. The largest absolute Gasteiger partial charge is 0.491 e.